The van der Waals surface area contributed by atoms with Gasteiger partial charge in [-0.1, -0.05) is 37.7 Å². The highest BCUT2D eigenvalue weighted by Gasteiger charge is 2.15. The van der Waals surface area contributed by atoms with Crippen molar-refractivity contribution in [2.45, 2.75) is 37.0 Å². The Labute approximate surface area is 128 Å². The first-order valence-electron chi connectivity index (χ1n) is 6.58. The van der Waals surface area contributed by atoms with Crippen molar-refractivity contribution in [3.63, 3.8) is 0 Å². The van der Waals surface area contributed by atoms with Crippen LogP contribution in [0.3, 0.4) is 0 Å². The van der Waals surface area contributed by atoms with Crippen LogP contribution in [0.4, 0.5) is 14.5 Å². The zero-order valence-corrected chi connectivity index (χ0v) is 13.6. The number of para-hydroxylation sites is 1. The van der Waals surface area contributed by atoms with Gasteiger partial charge in [-0.2, -0.15) is 8.78 Å². The van der Waals surface area contributed by atoms with Crippen molar-refractivity contribution < 1.29 is 17.2 Å². The van der Waals surface area contributed by atoms with Crippen molar-refractivity contribution in [2.75, 3.05) is 17.0 Å². The average molecular weight is 338 g/mol. The molecule has 8 heteroatoms. The fraction of sp³-hybridized carbons (Fsp3) is 0.538. The Kier molecular flexibility index (Phi) is 7.41. The van der Waals surface area contributed by atoms with Gasteiger partial charge in [0.2, 0.25) is 10.0 Å². The lowest BCUT2D eigenvalue weighted by Gasteiger charge is -2.12. The highest BCUT2D eigenvalue weighted by atomic mass is 32.2. The first kappa shape index (κ1) is 18.2. The van der Waals surface area contributed by atoms with Crippen LogP contribution < -0.4 is 10.0 Å². The number of thioether (sulfide) groups is 1. The summed E-state index contributed by atoms with van der Waals surface area (Å²) >= 11 is 0.325. The van der Waals surface area contributed by atoms with Gasteiger partial charge < -0.3 is 5.32 Å². The lowest BCUT2D eigenvalue weighted by atomic mass is 10.3. The van der Waals surface area contributed by atoms with Crippen LogP contribution in [0.2, 0.25) is 0 Å². The Bertz CT molecular complexity index is 537. The van der Waals surface area contributed by atoms with E-state index in [4.69, 9.17) is 0 Å². The molecule has 1 aromatic carbocycles. The summed E-state index contributed by atoms with van der Waals surface area (Å²) in [7, 11) is -3.54. The summed E-state index contributed by atoms with van der Waals surface area (Å²) < 4.78 is 51.1. The van der Waals surface area contributed by atoms with Gasteiger partial charge in [0.15, 0.2) is 0 Å². The molecule has 0 saturated heterocycles. The van der Waals surface area contributed by atoms with Crippen LogP contribution >= 0.6 is 11.8 Å². The average Bonchev–Trinajstić information content (AvgIpc) is 2.36. The summed E-state index contributed by atoms with van der Waals surface area (Å²) in [6, 6.07) is 6.44. The molecule has 0 fully saturated rings. The number of benzene rings is 1. The van der Waals surface area contributed by atoms with E-state index in [-0.39, 0.29) is 16.3 Å². The SMILES string of the molecule is CC(C)NCCCS(=O)(=O)Nc1ccccc1SC(F)F. The maximum absolute atomic E-state index is 12.4. The third-order valence-corrected chi connectivity index (χ3v) is 4.66. The normalized spacial score (nSPS) is 12.1. The molecule has 0 unspecified atom stereocenters. The van der Waals surface area contributed by atoms with E-state index in [0.717, 1.165) is 0 Å². The molecule has 0 aromatic heterocycles. The van der Waals surface area contributed by atoms with Crippen molar-refractivity contribution >= 4 is 27.5 Å². The Morgan fingerprint density at radius 1 is 1.24 bits per heavy atom. The predicted octanol–water partition coefficient (Wildman–Crippen LogP) is 3.13. The molecule has 21 heavy (non-hydrogen) atoms. The highest BCUT2D eigenvalue weighted by molar-refractivity contribution is 7.99. The van der Waals surface area contributed by atoms with E-state index in [2.05, 4.69) is 10.0 Å². The molecule has 0 aliphatic rings. The summed E-state index contributed by atoms with van der Waals surface area (Å²) in [6.45, 7) is 4.54. The fourth-order valence-electron chi connectivity index (χ4n) is 1.62. The van der Waals surface area contributed by atoms with E-state index < -0.39 is 15.8 Å². The zero-order chi connectivity index (χ0) is 15.9. The second-order valence-corrected chi connectivity index (χ2v) is 7.63. The van der Waals surface area contributed by atoms with Crippen LogP contribution in [-0.2, 0) is 10.0 Å². The van der Waals surface area contributed by atoms with Crippen molar-refractivity contribution in [3.8, 4) is 0 Å². The highest BCUT2D eigenvalue weighted by Crippen LogP contribution is 2.32. The maximum Gasteiger partial charge on any atom is 0.288 e. The molecule has 120 valence electrons. The van der Waals surface area contributed by atoms with E-state index in [9.17, 15) is 17.2 Å². The van der Waals surface area contributed by atoms with E-state index in [0.29, 0.717) is 30.8 Å². The lowest BCUT2D eigenvalue weighted by Crippen LogP contribution is -2.26. The van der Waals surface area contributed by atoms with Gasteiger partial charge in [-0.3, -0.25) is 4.72 Å². The molecule has 0 radical (unpaired) electrons. The van der Waals surface area contributed by atoms with Crippen LogP contribution in [0.25, 0.3) is 0 Å². The van der Waals surface area contributed by atoms with Crippen molar-refractivity contribution in [1.29, 1.82) is 0 Å². The summed E-state index contributed by atoms with van der Waals surface area (Å²) in [5, 5.41) is 3.12. The van der Waals surface area contributed by atoms with Crippen LogP contribution in [0.5, 0.6) is 0 Å². The second-order valence-electron chi connectivity index (χ2n) is 4.76. The Balaban J connectivity index is 2.62. The molecule has 2 N–H and O–H groups in total. The number of hydrogen-bond donors (Lipinski definition) is 2. The smallest absolute Gasteiger partial charge is 0.288 e. The van der Waals surface area contributed by atoms with Crippen LogP contribution in [-0.4, -0.2) is 32.5 Å². The molecule has 4 nitrogen and oxygen atoms in total. The molecule has 0 spiro atoms. The molecule has 0 heterocycles. The molecule has 0 amide bonds. The summed E-state index contributed by atoms with van der Waals surface area (Å²) in [5.41, 5.74) is 0.194. The molecule has 0 atom stereocenters. The van der Waals surface area contributed by atoms with E-state index in [1.165, 1.54) is 12.1 Å². The van der Waals surface area contributed by atoms with E-state index in [1.54, 1.807) is 12.1 Å². The van der Waals surface area contributed by atoms with Crippen molar-refractivity contribution in [1.82, 2.24) is 5.32 Å². The maximum atomic E-state index is 12.4. The number of nitrogens with one attached hydrogen (secondary N) is 2. The van der Waals surface area contributed by atoms with Gasteiger partial charge in [0.1, 0.15) is 0 Å². The first-order chi connectivity index (χ1) is 9.80. The van der Waals surface area contributed by atoms with Gasteiger partial charge in [0.05, 0.1) is 11.4 Å². The number of anilines is 1. The van der Waals surface area contributed by atoms with Gasteiger partial charge in [-0.25, -0.2) is 8.42 Å². The molecule has 0 bridgehead atoms. The van der Waals surface area contributed by atoms with Gasteiger partial charge >= 0.3 is 0 Å². The Morgan fingerprint density at radius 3 is 2.52 bits per heavy atom. The monoisotopic (exact) mass is 338 g/mol. The Morgan fingerprint density at radius 2 is 1.90 bits per heavy atom. The molecule has 0 saturated carbocycles. The van der Waals surface area contributed by atoms with Crippen LogP contribution in [0, 0.1) is 0 Å². The number of rotatable bonds is 9. The lowest BCUT2D eigenvalue weighted by molar-refractivity contribution is 0.252. The zero-order valence-electron chi connectivity index (χ0n) is 12.0. The molecule has 1 rings (SSSR count). The van der Waals surface area contributed by atoms with E-state index in [1.807, 2.05) is 13.8 Å². The minimum atomic E-state index is -3.54. The number of alkyl halides is 2. The molecular formula is C13H20F2N2O2S2. The number of halogens is 2. The summed E-state index contributed by atoms with van der Waals surface area (Å²) in [4.78, 5) is 0.219. The van der Waals surface area contributed by atoms with Crippen LogP contribution in [0.15, 0.2) is 29.2 Å². The van der Waals surface area contributed by atoms with Crippen LogP contribution in [0.1, 0.15) is 20.3 Å². The largest absolute Gasteiger partial charge is 0.314 e. The molecule has 1 aromatic rings. The molecule has 0 aliphatic carbocycles. The first-order valence-corrected chi connectivity index (χ1v) is 9.11. The third-order valence-electron chi connectivity index (χ3n) is 2.51. The predicted molar refractivity (Wildman–Crippen MR) is 83.5 cm³/mol. The number of sulfonamides is 1. The topological polar surface area (TPSA) is 58.2 Å². The van der Waals surface area contributed by atoms with Gasteiger partial charge in [0, 0.05) is 10.9 Å². The van der Waals surface area contributed by atoms with Crippen molar-refractivity contribution in [2.24, 2.45) is 0 Å². The standard InChI is InChI=1S/C13H20F2N2O2S2/c1-10(2)16-8-5-9-21(18,19)17-11-6-3-4-7-12(11)20-13(14)15/h3-4,6-7,10,13,16-17H,5,8-9H2,1-2H3. The van der Waals surface area contributed by atoms with Gasteiger partial charge in [-0.05, 0) is 25.1 Å². The summed E-state index contributed by atoms with van der Waals surface area (Å²) in [5.74, 6) is -2.65. The Hall–Kier alpha value is -0.860. The minimum absolute atomic E-state index is 0.0552. The third kappa shape index (κ3) is 7.63. The number of hydrogen-bond acceptors (Lipinski definition) is 4. The minimum Gasteiger partial charge on any atom is -0.314 e. The second kappa shape index (κ2) is 8.55. The van der Waals surface area contributed by atoms with Crippen molar-refractivity contribution in [3.05, 3.63) is 24.3 Å². The van der Waals surface area contributed by atoms with Gasteiger partial charge in [0.25, 0.3) is 5.76 Å². The summed E-state index contributed by atoms with van der Waals surface area (Å²) in [6.07, 6.45) is 0.456. The quantitative estimate of drug-likeness (QED) is 0.536. The van der Waals surface area contributed by atoms with Gasteiger partial charge in [-0.15, -0.1) is 0 Å². The molecular weight excluding hydrogens is 318 g/mol. The molecule has 0 aliphatic heterocycles. The fourth-order valence-corrected chi connectivity index (χ4v) is 3.42. The van der Waals surface area contributed by atoms with E-state index >= 15 is 0 Å².